The number of carbonyl (C=O) groups is 2. The van der Waals surface area contributed by atoms with Gasteiger partial charge in [0.2, 0.25) is 0 Å². The van der Waals surface area contributed by atoms with E-state index < -0.39 is 17.7 Å². The van der Waals surface area contributed by atoms with Gasteiger partial charge in [0.25, 0.3) is 11.7 Å². The van der Waals surface area contributed by atoms with Crippen LogP contribution in [0.3, 0.4) is 0 Å². The van der Waals surface area contributed by atoms with Crippen LogP contribution in [-0.4, -0.2) is 47.6 Å². The van der Waals surface area contributed by atoms with Crippen molar-refractivity contribution in [3.8, 4) is 5.75 Å². The Balaban J connectivity index is 2.05. The van der Waals surface area contributed by atoms with Gasteiger partial charge in [0.05, 0.1) is 30.9 Å². The molecule has 1 amide bonds. The summed E-state index contributed by atoms with van der Waals surface area (Å²) in [4.78, 5) is 27.4. The number of hydrogen-bond acceptors (Lipinski definition) is 5. The third-order valence-electron chi connectivity index (χ3n) is 5.09. The minimum atomic E-state index is -0.747. The molecule has 1 heterocycles. The molecule has 3 rings (SSSR count). The summed E-state index contributed by atoms with van der Waals surface area (Å²) in [6.07, 6.45) is 0.836. The summed E-state index contributed by atoms with van der Waals surface area (Å²) in [5, 5.41) is 11.7. The second-order valence-electron chi connectivity index (χ2n) is 7.84. The average molecular weight is 458 g/mol. The molecule has 1 unspecified atom stereocenters. The summed E-state index contributed by atoms with van der Waals surface area (Å²) in [7, 11) is 0. The fourth-order valence-corrected chi connectivity index (χ4v) is 3.72. The van der Waals surface area contributed by atoms with Crippen LogP contribution in [0.5, 0.6) is 5.75 Å². The first-order valence-corrected chi connectivity index (χ1v) is 11.1. The van der Waals surface area contributed by atoms with E-state index in [0.29, 0.717) is 28.5 Å². The van der Waals surface area contributed by atoms with Crippen LogP contribution in [0.15, 0.2) is 54.1 Å². The predicted molar refractivity (Wildman–Crippen MR) is 124 cm³/mol. The molecule has 32 heavy (non-hydrogen) atoms. The van der Waals surface area contributed by atoms with Gasteiger partial charge in [-0.1, -0.05) is 42.8 Å². The second kappa shape index (κ2) is 10.7. The zero-order chi connectivity index (χ0) is 23.3. The highest BCUT2D eigenvalue weighted by molar-refractivity contribution is 6.46. The average Bonchev–Trinajstić information content (AvgIpc) is 3.02. The minimum Gasteiger partial charge on any atom is -0.507 e. The molecule has 7 heteroatoms. The number of ketones is 1. The monoisotopic (exact) mass is 457 g/mol. The summed E-state index contributed by atoms with van der Waals surface area (Å²) in [5.74, 6) is -1.06. The summed E-state index contributed by atoms with van der Waals surface area (Å²) in [6.45, 7) is 6.83. The number of amides is 1. The molecule has 2 aromatic carbocycles. The van der Waals surface area contributed by atoms with Crippen LogP contribution in [0.2, 0.25) is 5.02 Å². The van der Waals surface area contributed by atoms with Crippen LogP contribution in [0, 0.1) is 0 Å². The summed E-state index contributed by atoms with van der Waals surface area (Å²) in [5.41, 5.74) is 1.13. The third kappa shape index (κ3) is 5.31. The fraction of sp³-hybridized carbons (Fsp3) is 0.360. The Kier molecular flexibility index (Phi) is 7.94. The van der Waals surface area contributed by atoms with Crippen LogP contribution in [0.1, 0.15) is 44.4 Å². The molecule has 0 radical (unpaired) electrons. The molecule has 170 valence electrons. The van der Waals surface area contributed by atoms with Gasteiger partial charge in [-0.3, -0.25) is 9.59 Å². The van der Waals surface area contributed by atoms with Crippen LogP contribution < -0.4 is 4.74 Å². The lowest BCUT2D eigenvalue weighted by Crippen LogP contribution is -2.33. The van der Waals surface area contributed by atoms with E-state index in [9.17, 15) is 14.7 Å². The molecule has 1 saturated heterocycles. The van der Waals surface area contributed by atoms with Gasteiger partial charge in [0.15, 0.2) is 0 Å². The standard InChI is InChI=1S/C25H28ClNO5/c1-4-13-32-20-7-5-6-18(15-20)23(28)21-22(17-8-10-19(26)11-9-17)27(25(30)24(21)29)12-14-31-16(2)3/h5-11,15-16,22,28H,4,12-14H2,1-3H3/b23-21-. The van der Waals surface area contributed by atoms with Gasteiger partial charge < -0.3 is 19.5 Å². The zero-order valence-electron chi connectivity index (χ0n) is 18.5. The number of benzene rings is 2. The second-order valence-corrected chi connectivity index (χ2v) is 8.28. The molecule has 0 spiro atoms. The van der Waals surface area contributed by atoms with Crippen molar-refractivity contribution < 1.29 is 24.2 Å². The van der Waals surface area contributed by atoms with Crippen molar-refractivity contribution in [2.24, 2.45) is 0 Å². The van der Waals surface area contributed by atoms with E-state index in [0.717, 1.165) is 6.42 Å². The lowest BCUT2D eigenvalue weighted by Gasteiger charge is -2.25. The quantitative estimate of drug-likeness (QED) is 0.326. The fourth-order valence-electron chi connectivity index (χ4n) is 3.60. The molecule has 0 aliphatic carbocycles. The molecule has 0 bridgehead atoms. The number of ether oxygens (including phenoxy) is 2. The Hall–Kier alpha value is -2.83. The van der Waals surface area contributed by atoms with E-state index in [1.807, 2.05) is 20.8 Å². The van der Waals surface area contributed by atoms with Crippen molar-refractivity contribution in [1.82, 2.24) is 4.90 Å². The van der Waals surface area contributed by atoms with E-state index in [1.54, 1.807) is 48.5 Å². The van der Waals surface area contributed by atoms with Gasteiger partial charge >= 0.3 is 0 Å². The lowest BCUT2D eigenvalue weighted by molar-refractivity contribution is -0.140. The maximum atomic E-state index is 13.0. The van der Waals surface area contributed by atoms with E-state index in [-0.39, 0.29) is 30.6 Å². The molecule has 0 aromatic heterocycles. The first-order valence-electron chi connectivity index (χ1n) is 10.7. The molecule has 1 aliphatic heterocycles. The van der Waals surface area contributed by atoms with Crippen molar-refractivity contribution >= 4 is 29.1 Å². The number of aliphatic hydroxyl groups excluding tert-OH is 1. The largest absolute Gasteiger partial charge is 0.507 e. The van der Waals surface area contributed by atoms with Crippen molar-refractivity contribution in [2.45, 2.75) is 39.3 Å². The minimum absolute atomic E-state index is 0.00772. The molecule has 0 saturated carbocycles. The van der Waals surface area contributed by atoms with E-state index in [4.69, 9.17) is 21.1 Å². The lowest BCUT2D eigenvalue weighted by atomic mass is 9.95. The summed E-state index contributed by atoms with van der Waals surface area (Å²) >= 11 is 6.04. The molecule has 6 nitrogen and oxygen atoms in total. The highest BCUT2D eigenvalue weighted by Gasteiger charge is 2.45. The summed E-state index contributed by atoms with van der Waals surface area (Å²) in [6, 6.07) is 13.0. The Labute approximate surface area is 193 Å². The number of likely N-dealkylation sites (tertiary alicyclic amines) is 1. The molecule has 1 fully saturated rings. The first-order chi connectivity index (χ1) is 15.3. The van der Waals surface area contributed by atoms with E-state index >= 15 is 0 Å². The molecular formula is C25H28ClNO5. The maximum absolute atomic E-state index is 13.0. The van der Waals surface area contributed by atoms with Gasteiger partial charge in [-0.05, 0) is 50.1 Å². The van der Waals surface area contributed by atoms with Crippen molar-refractivity contribution in [3.63, 3.8) is 0 Å². The Morgan fingerprint density at radius 1 is 1.12 bits per heavy atom. The number of Topliss-reactive ketones (excluding diaryl/α,β-unsaturated/α-hetero) is 1. The van der Waals surface area contributed by atoms with Crippen LogP contribution in [0.4, 0.5) is 0 Å². The van der Waals surface area contributed by atoms with Crippen LogP contribution in [-0.2, 0) is 14.3 Å². The molecule has 2 aromatic rings. The zero-order valence-corrected chi connectivity index (χ0v) is 19.3. The van der Waals surface area contributed by atoms with E-state index in [1.165, 1.54) is 4.90 Å². The Bertz CT molecular complexity index is 1000. The highest BCUT2D eigenvalue weighted by Crippen LogP contribution is 2.39. The SMILES string of the molecule is CCCOc1cccc(/C(O)=C2/C(=O)C(=O)N(CCOC(C)C)C2c2ccc(Cl)cc2)c1. The van der Waals surface area contributed by atoms with Gasteiger partial charge in [0, 0.05) is 17.1 Å². The Morgan fingerprint density at radius 2 is 1.84 bits per heavy atom. The van der Waals surface area contributed by atoms with Gasteiger partial charge in [-0.2, -0.15) is 0 Å². The van der Waals surface area contributed by atoms with Crippen molar-refractivity contribution in [3.05, 3.63) is 70.3 Å². The highest BCUT2D eigenvalue weighted by atomic mass is 35.5. The topological polar surface area (TPSA) is 76.1 Å². The molecule has 1 N–H and O–H groups in total. The van der Waals surface area contributed by atoms with Gasteiger partial charge in [-0.25, -0.2) is 0 Å². The van der Waals surface area contributed by atoms with Crippen molar-refractivity contribution in [1.29, 1.82) is 0 Å². The van der Waals surface area contributed by atoms with Gasteiger partial charge in [-0.15, -0.1) is 0 Å². The summed E-state index contributed by atoms with van der Waals surface area (Å²) < 4.78 is 11.3. The molecule has 1 atom stereocenters. The normalized spacial score (nSPS) is 17.9. The van der Waals surface area contributed by atoms with E-state index in [2.05, 4.69) is 0 Å². The number of rotatable bonds is 9. The molecule has 1 aliphatic rings. The maximum Gasteiger partial charge on any atom is 0.295 e. The number of carbonyl (C=O) groups excluding carboxylic acids is 2. The predicted octanol–water partition coefficient (Wildman–Crippen LogP) is 4.98. The first kappa shape index (κ1) is 23.8. The van der Waals surface area contributed by atoms with Crippen molar-refractivity contribution in [2.75, 3.05) is 19.8 Å². The third-order valence-corrected chi connectivity index (χ3v) is 5.34. The molecular weight excluding hydrogens is 430 g/mol. The number of halogens is 1. The Morgan fingerprint density at radius 3 is 2.50 bits per heavy atom. The number of aliphatic hydroxyl groups is 1. The van der Waals surface area contributed by atoms with Gasteiger partial charge in [0.1, 0.15) is 11.5 Å². The van der Waals surface area contributed by atoms with Crippen LogP contribution in [0.25, 0.3) is 5.76 Å². The number of nitrogens with zero attached hydrogens (tertiary/aromatic N) is 1. The smallest absolute Gasteiger partial charge is 0.295 e. The number of hydrogen-bond donors (Lipinski definition) is 1. The van der Waals surface area contributed by atoms with Crippen LogP contribution >= 0.6 is 11.6 Å².